The van der Waals surface area contributed by atoms with Crippen LogP contribution in [0.4, 0.5) is 5.69 Å². The van der Waals surface area contributed by atoms with Crippen molar-refractivity contribution in [3.05, 3.63) is 71.9 Å². The molecule has 0 aliphatic heterocycles. The van der Waals surface area contributed by atoms with Gasteiger partial charge in [0.15, 0.2) is 6.61 Å². The number of nitrogens with one attached hydrogen (secondary N) is 2. The Morgan fingerprint density at radius 2 is 1.71 bits per heavy atom. The first-order valence-electron chi connectivity index (χ1n) is 8.33. The van der Waals surface area contributed by atoms with E-state index in [-0.39, 0.29) is 16.9 Å². The summed E-state index contributed by atoms with van der Waals surface area (Å²) in [5.74, 6) is -1.89. The fourth-order valence-electron chi connectivity index (χ4n) is 2.46. The molecule has 1 aromatic heterocycles. The number of aromatic nitrogens is 2. The van der Waals surface area contributed by atoms with Crippen molar-refractivity contribution in [2.75, 3.05) is 19.0 Å². The predicted molar refractivity (Wildman–Crippen MR) is 101 cm³/mol. The van der Waals surface area contributed by atoms with Gasteiger partial charge in [-0.2, -0.15) is 5.10 Å². The smallest absolute Gasteiger partial charge is 0.356 e. The zero-order valence-electron chi connectivity index (χ0n) is 15.0. The van der Waals surface area contributed by atoms with Gasteiger partial charge in [-0.25, -0.2) is 9.59 Å². The molecule has 3 aromatic rings. The van der Waals surface area contributed by atoms with E-state index in [0.29, 0.717) is 5.69 Å². The fraction of sp³-hybridized carbons (Fsp3) is 0.100. The van der Waals surface area contributed by atoms with Gasteiger partial charge in [-0.1, -0.05) is 42.5 Å². The van der Waals surface area contributed by atoms with Crippen LogP contribution in [0.1, 0.15) is 20.8 Å². The summed E-state index contributed by atoms with van der Waals surface area (Å²) in [6.45, 7) is -0.520. The van der Waals surface area contributed by atoms with Gasteiger partial charge in [0.1, 0.15) is 5.69 Å². The Morgan fingerprint density at radius 1 is 1.00 bits per heavy atom. The molecule has 8 nitrogen and oxygen atoms in total. The number of rotatable bonds is 6. The van der Waals surface area contributed by atoms with Crippen molar-refractivity contribution < 1.29 is 23.9 Å². The lowest BCUT2D eigenvalue weighted by atomic mass is 10.1. The number of aromatic amines is 1. The highest BCUT2D eigenvalue weighted by Gasteiger charge is 2.16. The molecule has 1 amide bonds. The SMILES string of the molecule is COC(=O)c1ccccc1NC(=O)COC(=O)c1cc(-c2ccccc2)n[nH]1. The second kappa shape index (κ2) is 8.63. The third kappa shape index (κ3) is 4.42. The molecule has 0 saturated carbocycles. The van der Waals surface area contributed by atoms with Crippen molar-refractivity contribution in [2.24, 2.45) is 0 Å². The molecule has 28 heavy (non-hydrogen) atoms. The Labute approximate surface area is 160 Å². The summed E-state index contributed by atoms with van der Waals surface area (Å²) in [7, 11) is 1.25. The van der Waals surface area contributed by atoms with Crippen LogP contribution in [-0.4, -0.2) is 41.8 Å². The van der Waals surface area contributed by atoms with E-state index in [9.17, 15) is 14.4 Å². The number of hydrogen-bond donors (Lipinski definition) is 2. The molecule has 142 valence electrons. The van der Waals surface area contributed by atoms with E-state index in [4.69, 9.17) is 4.74 Å². The van der Waals surface area contributed by atoms with E-state index in [2.05, 4.69) is 20.3 Å². The predicted octanol–water partition coefficient (Wildman–Crippen LogP) is 2.66. The highest BCUT2D eigenvalue weighted by Crippen LogP contribution is 2.18. The van der Waals surface area contributed by atoms with Gasteiger partial charge in [-0.3, -0.25) is 9.89 Å². The zero-order chi connectivity index (χ0) is 19.9. The third-order valence-corrected chi connectivity index (χ3v) is 3.81. The number of carbonyl (C=O) groups excluding carboxylic acids is 3. The summed E-state index contributed by atoms with van der Waals surface area (Å²) in [6, 6.07) is 17.2. The number of esters is 2. The topological polar surface area (TPSA) is 110 Å². The maximum Gasteiger partial charge on any atom is 0.356 e. The molecule has 0 fully saturated rings. The van der Waals surface area contributed by atoms with Crippen molar-refractivity contribution in [1.29, 1.82) is 0 Å². The second-order valence-electron chi connectivity index (χ2n) is 5.69. The molecule has 0 aliphatic carbocycles. The lowest BCUT2D eigenvalue weighted by Gasteiger charge is -2.09. The third-order valence-electron chi connectivity index (χ3n) is 3.81. The minimum atomic E-state index is -0.717. The van der Waals surface area contributed by atoms with Gasteiger partial charge in [-0.15, -0.1) is 0 Å². The fourth-order valence-corrected chi connectivity index (χ4v) is 2.46. The Balaban J connectivity index is 1.59. The Kier molecular flexibility index (Phi) is 5.81. The molecule has 8 heteroatoms. The van der Waals surface area contributed by atoms with E-state index in [1.165, 1.54) is 13.2 Å². The normalized spacial score (nSPS) is 10.2. The van der Waals surface area contributed by atoms with Crippen molar-refractivity contribution in [3.8, 4) is 11.3 Å². The molecule has 2 N–H and O–H groups in total. The molecule has 0 spiro atoms. The number of amides is 1. The van der Waals surface area contributed by atoms with E-state index >= 15 is 0 Å². The number of benzene rings is 2. The van der Waals surface area contributed by atoms with Gasteiger partial charge < -0.3 is 14.8 Å². The second-order valence-corrected chi connectivity index (χ2v) is 5.69. The number of para-hydroxylation sites is 1. The van der Waals surface area contributed by atoms with E-state index in [0.717, 1.165) is 5.56 Å². The monoisotopic (exact) mass is 379 g/mol. The first kappa shape index (κ1) is 18.8. The van der Waals surface area contributed by atoms with Gasteiger partial charge in [0.2, 0.25) is 0 Å². The average molecular weight is 379 g/mol. The Bertz CT molecular complexity index is 998. The van der Waals surface area contributed by atoms with Crippen LogP contribution in [0.15, 0.2) is 60.7 Å². The molecule has 0 saturated heterocycles. The number of ether oxygens (including phenoxy) is 2. The van der Waals surface area contributed by atoms with Crippen LogP contribution in [0.5, 0.6) is 0 Å². The number of H-pyrrole nitrogens is 1. The molecule has 0 unspecified atom stereocenters. The van der Waals surface area contributed by atoms with Gasteiger partial charge in [-0.05, 0) is 18.2 Å². The number of methoxy groups -OCH3 is 1. The van der Waals surface area contributed by atoms with E-state index < -0.39 is 24.5 Å². The number of nitrogens with zero attached hydrogens (tertiary/aromatic N) is 1. The molecule has 0 atom stereocenters. The standard InChI is InChI=1S/C20H17N3O5/c1-27-19(25)14-9-5-6-10-15(14)21-18(24)12-28-20(26)17-11-16(22-23-17)13-7-3-2-4-8-13/h2-11H,12H2,1H3,(H,21,24)(H,22,23). The first-order chi connectivity index (χ1) is 13.6. The van der Waals surface area contributed by atoms with Gasteiger partial charge in [0.25, 0.3) is 5.91 Å². The number of anilines is 1. The van der Waals surface area contributed by atoms with Crippen molar-refractivity contribution in [2.45, 2.75) is 0 Å². The molecule has 0 radical (unpaired) electrons. The zero-order valence-corrected chi connectivity index (χ0v) is 15.0. The summed E-state index contributed by atoms with van der Waals surface area (Å²) in [5, 5.41) is 9.18. The minimum absolute atomic E-state index is 0.126. The largest absolute Gasteiger partial charge is 0.465 e. The van der Waals surface area contributed by atoms with Gasteiger partial charge in [0, 0.05) is 5.56 Å². The van der Waals surface area contributed by atoms with Crippen LogP contribution >= 0.6 is 0 Å². The van der Waals surface area contributed by atoms with Crippen LogP contribution in [0, 0.1) is 0 Å². The lowest BCUT2D eigenvalue weighted by Crippen LogP contribution is -2.22. The molecule has 0 bridgehead atoms. The molecule has 2 aromatic carbocycles. The Hall–Kier alpha value is -3.94. The number of carbonyl (C=O) groups is 3. The summed E-state index contributed by atoms with van der Waals surface area (Å²) in [5.41, 5.74) is 2.02. The van der Waals surface area contributed by atoms with E-state index in [1.54, 1.807) is 24.3 Å². The Morgan fingerprint density at radius 3 is 2.46 bits per heavy atom. The molecular formula is C20H17N3O5. The highest BCUT2D eigenvalue weighted by atomic mass is 16.5. The van der Waals surface area contributed by atoms with Gasteiger partial charge in [0.05, 0.1) is 24.1 Å². The molecule has 0 aliphatic rings. The van der Waals surface area contributed by atoms with Crippen molar-refractivity contribution >= 4 is 23.5 Å². The van der Waals surface area contributed by atoms with Gasteiger partial charge >= 0.3 is 11.9 Å². The quantitative estimate of drug-likeness (QED) is 0.637. The number of hydrogen-bond acceptors (Lipinski definition) is 6. The summed E-state index contributed by atoms with van der Waals surface area (Å²) in [4.78, 5) is 35.9. The maximum atomic E-state index is 12.1. The van der Waals surface area contributed by atoms with Crippen LogP contribution in [-0.2, 0) is 14.3 Å². The van der Waals surface area contributed by atoms with Crippen LogP contribution < -0.4 is 5.32 Å². The van der Waals surface area contributed by atoms with Crippen LogP contribution in [0.25, 0.3) is 11.3 Å². The van der Waals surface area contributed by atoms with E-state index in [1.807, 2.05) is 30.3 Å². The summed E-state index contributed by atoms with van der Waals surface area (Å²) in [6.07, 6.45) is 0. The molecule has 3 rings (SSSR count). The lowest BCUT2D eigenvalue weighted by molar-refractivity contribution is -0.119. The summed E-state index contributed by atoms with van der Waals surface area (Å²) >= 11 is 0. The van der Waals surface area contributed by atoms with Crippen molar-refractivity contribution in [3.63, 3.8) is 0 Å². The van der Waals surface area contributed by atoms with Crippen LogP contribution in [0.2, 0.25) is 0 Å². The molecule has 1 heterocycles. The molecular weight excluding hydrogens is 362 g/mol. The minimum Gasteiger partial charge on any atom is -0.465 e. The average Bonchev–Trinajstić information content (AvgIpc) is 3.23. The van der Waals surface area contributed by atoms with Crippen molar-refractivity contribution in [1.82, 2.24) is 10.2 Å². The maximum absolute atomic E-state index is 12.1. The highest BCUT2D eigenvalue weighted by molar-refractivity contribution is 6.02. The first-order valence-corrected chi connectivity index (χ1v) is 8.33. The van der Waals surface area contributed by atoms with Crippen LogP contribution in [0.3, 0.4) is 0 Å². The summed E-state index contributed by atoms with van der Waals surface area (Å²) < 4.78 is 9.67.